The van der Waals surface area contributed by atoms with E-state index in [1.807, 2.05) is 25.1 Å². The molecule has 0 N–H and O–H groups in total. The number of benzene rings is 2. The summed E-state index contributed by atoms with van der Waals surface area (Å²) in [5, 5.41) is 0. The van der Waals surface area contributed by atoms with Gasteiger partial charge in [0, 0.05) is 19.8 Å². The lowest BCUT2D eigenvalue weighted by Crippen LogP contribution is -2.22. The van der Waals surface area contributed by atoms with Crippen molar-refractivity contribution in [2.75, 3.05) is 20.8 Å². The van der Waals surface area contributed by atoms with Crippen LogP contribution < -0.4 is 9.47 Å². The van der Waals surface area contributed by atoms with Gasteiger partial charge in [0.2, 0.25) is 5.78 Å². The largest absolute Gasteiger partial charge is 0.493 e. The van der Waals surface area contributed by atoms with Crippen LogP contribution >= 0.6 is 0 Å². The first-order valence-electron chi connectivity index (χ1n) is 7.79. The molecule has 2 aromatic carbocycles. The van der Waals surface area contributed by atoms with Gasteiger partial charge in [0.1, 0.15) is 17.1 Å². The first kappa shape index (κ1) is 18.0. The number of hydrogen-bond donors (Lipinski definition) is 0. The van der Waals surface area contributed by atoms with Crippen molar-refractivity contribution in [3.8, 4) is 11.5 Å². The van der Waals surface area contributed by atoms with E-state index in [1.165, 1.54) is 14.2 Å². The Morgan fingerprint density at radius 1 is 0.958 bits per heavy atom. The number of ether oxygens (including phenoxy) is 4. The lowest BCUT2D eigenvalue weighted by Gasteiger charge is -2.19. The van der Waals surface area contributed by atoms with Gasteiger partial charge in [0.15, 0.2) is 0 Å². The van der Waals surface area contributed by atoms with Gasteiger partial charge in [-0.25, -0.2) is 0 Å². The molecule has 0 aliphatic carbocycles. The van der Waals surface area contributed by atoms with Crippen LogP contribution in [0.5, 0.6) is 11.5 Å². The van der Waals surface area contributed by atoms with Crippen LogP contribution in [0.2, 0.25) is 0 Å². The second-order valence-corrected chi connectivity index (χ2v) is 5.05. The maximum atomic E-state index is 13.0. The van der Waals surface area contributed by atoms with E-state index in [0.717, 1.165) is 6.42 Å². The van der Waals surface area contributed by atoms with Crippen molar-refractivity contribution in [1.29, 1.82) is 0 Å². The van der Waals surface area contributed by atoms with Crippen molar-refractivity contribution >= 4 is 5.78 Å². The predicted molar refractivity (Wildman–Crippen MR) is 90.5 cm³/mol. The van der Waals surface area contributed by atoms with Crippen molar-refractivity contribution in [3.63, 3.8) is 0 Å². The molecule has 2 aromatic rings. The molecule has 5 nitrogen and oxygen atoms in total. The van der Waals surface area contributed by atoms with Crippen molar-refractivity contribution in [3.05, 3.63) is 59.7 Å². The molecule has 0 amide bonds. The summed E-state index contributed by atoms with van der Waals surface area (Å²) in [4.78, 5) is 13.0. The van der Waals surface area contributed by atoms with Gasteiger partial charge >= 0.3 is 6.48 Å². The number of ketones is 1. The normalized spacial score (nSPS) is 10.7. The fraction of sp³-hybridized carbons (Fsp3) is 0.316. The average Bonchev–Trinajstić information content (AvgIpc) is 2.64. The monoisotopic (exact) mass is 330 g/mol. The smallest absolute Gasteiger partial charge is 0.315 e. The SMILES string of the molecule is CCCOc1cccc(OC(OC)OC)c1C(=O)c1ccccc1. The molecular formula is C19H22O5. The van der Waals surface area contributed by atoms with Gasteiger partial charge in [-0.3, -0.25) is 4.79 Å². The van der Waals surface area contributed by atoms with E-state index in [-0.39, 0.29) is 5.78 Å². The molecule has 0 aliphatic heterocycles. The van der Waals surface area contributed by atoms with Gasteiger partial charge in [-0.15, -0.1) is 0 Å². The van der Waals surface area contributed by atoms with E-state index in [9.17, 15) is 4.79 Å². The lowest BCUT2D eigenvalue weighted by molar-refractivity contribution is -0.219. The predicted octanol–water partition coefficient (Wildman–Crippen LogP) is 3.66. The molecule has 0 radical (unpaired) electrons. The molecule has 24 heavy (non-hydrogen) atoms. The van der Waals surface area contributed by atoms with Gasteiger partial charge in [-0.1, -0.05) is 43.3 Å². The molecule has 0 aliphatic rings. The highest BCUT2D eigenvalue weighted by atomic mass is 16.8. The van der Waals surface area contributed by atoms with Crippen LogP contribution in [-0.2, 0) is 9.47 Å². The average molecular weight is 330 g/mol. The molecular weight excluding hydrogens is 308 g/mol. The Morgan fingerprint density at radius 3 is 2.25 bits per heavy atom. The molecule has 0 heterocycles. The first-order valence-corrected chi connectivity index (χ1v) is 7.79. The quantitative estimate of drug-likeness (QED) is 0.519. The Bertz CT molecular complexity index is 650. The molecule has 0 saturated heterocycles. The molecule has 0 atom stereocenters. The van der Waals surface area contributed by atoms with Gasteiger partial charge in [0.25, 0.3) is 0 Å². The van der Waals surface area contributed by atoms with Crippen LogP contribution in [0.3, 0.4) is 0 Å². The van der Waals surface area contributed by atoms with Crippen LogP contribution in [0.4, 0.5) is 0 Å². The molecule has 128 valence electrons. The highest BCUT2D eigenvalue weighted by Gasteiger charge is 2.22. The van der Waals surface area contributed by atoms with E-state index >= 15 is 0 Å². The number of carbonyl (C=O) groups is 1. The summed E-state index contributed by atoms with van der Waals surface area (Å²) >= 11 is 0. The second kappa shape index (κ2) is 9.05. The minimum atomic E-state index is -0.909. The van der Waals surface area contributed by atoms with Crippen LogP contribution in [-0.4, -0.2) is 33.1 Å². The summed E-state index contributed by atoms with van der Waals surface area (Å²) in [5.41, 5.74) is 0.914. The van der Waals surface area contributed by atoms with E-state index in [1.54, 1.807) is 30.3 Å². The van der Waals surface area contributed by atoms with Gasteiger partial charge in [-0.05, 0) is 18.6 Å². The maximum absolute atomic E-state index is 13.0. The van der Waals surface area contributed by atoms with E-state index in [2.05, 4.69) is 0 Å². The molecule has 0 aromatic heterocycles. The molecule has 2 rings (SSSR count). The Balaban J connectivity index is 2.45. The van der Waals surface area contributed by atoms with Crippen LogP contribution in [0.1, 0.15) is 29.3 Å². The van der Waals surface area contributed by atoms with Crippen molar-refractivity contribution < 1.29 is 23.7 Å². The molecule has 0 bridgehead atoms. The summed E-state index contributed by atoms with van der Waals surface area (Å²) in [5.74, 6) is 0.656. The number of methoxy groups -OCH3 is 2. The third-order valence-corrected chi connectivity index (χ3v) is 3.32. The van der Waals surface area contributed by atoms with Crippen LogP contribution in [0.25, 0.3) is 0 Å². The van der Waals surface area contributed by atoms with Crippen molar-refractivity contribution in [2.45, 2.75) is 19.8 Å². The third kappa shape index (κ3) is 4.34. The van der Waals surface area contributed by atoms with Gasteiger partial charge in [0.05, 0.1) is 6.61 Å². The number of carbonyl (C=O) groups excluding carboxylic acids is 1. The first-order chi connectivity index (χ1) is 11.7. The van der Waals surface area contributed by atoms with Gasteiger partial charge < -0.3 is 18.9 Å². The Kier molecular flexibility index (Phi) is 6.78. The highest BCUT2D eigenvalue weighted by Crippen LogP contribution is 2.32. The molecule has 0 unspecified atom stereocenters. The summed E-state index contributed by atoms with van der Waals surface area (Å²) in [6, 6.07) is 14.2. The fourth-order valence-corrected chi connectivity index (χ4v) is 2.20. The van der Waals surface area contributed by atoms with E-state index in [4.69, 9.17) is 18.9 Å². The Morgan fingerprint density at radius 2 is 1.62 bits per heavy atom. The standard InChI is InChI=1S/C19H22O5/c1-4-13-23-15-11-8-12-16(24-19(21-2)22-3)17(15)18(20)14-9-6-5-7-10-14/h5-12,19H,4,13H2,1-3H3. The van der Waals surface area contributed by atoms with E-state index in [0.29, 0.717) is 29.2 Å². The van der Waals surface area contributed by atoms with Crippen LogP contribution in [0.15, 0.2) is 48.5 Å². The zero-order chi connectivity index (χ0) is 17.4. The summed E-state index contributed by atoms with van der Waals surface area (Å²) in [6.45, 7) is 1.61. The summed E-state index contributed by atoms with van der Waals surface area (Å²) < 4.78 is 21.5. The summed E-state index contributed by atoms with van der Waals surface area (Å²) in [6.07, 6.45) is 0.836. The molecule has 0 saturated carbocycles. The topological polar surface area (TPSA) is 54.0 Å². The number of hydrogen-bond acceptors (Lipinski definition) is 5. The number of rotatable bonds is 9. The maximum Gasteiger partial charge on any atom is 0.315 e. The fourth-order valence-electron chi connectivity index (χ4n) is 2.20. The highest BCUT2D eigenvalue weighted by molar-refractivity contribution is 6.12. The summed E-state index contributed by atoms with van der Waals surface area (Å²) in [7, 11) is 2.93. The zero-order valence-corrected chi connectivity index (χ0v) is 14.2. The molecule has 0 fully saturated rings. The van der Waals surface area contributed by atoms with Gasteiger partial charge in [-0.2, -0.15) is 0 Å². The third-order valence-electron chi connectivity index (χ3n) is 3.32. The zero-order valence-electron chi connectivity index (χ0n) is 14.2. The van der Waals surface area contributed by atoms with E-state index < -0.39 is 6.48 Å². The molecule has 0 spiro atoms. The molecule has 5 heteroatoms. The van der Waals surface area contributed by atoms with Crippen molar-refractivity contribution in [2.24, 2.45) is 0 Å². The second-order valence-electron chi connectivity index (χ2n) is 5.05. The minimum absolute atomic E-state index is 0.178. The Labute approximate surface area is 142 Å². The Hall–Kier alpha value is -2.37. The lowest BCUT2D eigenvalue weighted by atomic mass is 10.0. The van der Waals surface area contributed by atoms with Crippen molar-refractivity contribution in [1.82, 2.24) is 0 Å². The minimum Gasteiger partial charge on any atom is -0.493 e. The van der Waals surface area contributed by atoms with Crippen LogP contribution in [0, 0.1) is 0 Å².